The van der Waals surface area contributed by atoms with Crippen LogP contribution < -0.4 is 11.1 Å². The molecule has 0 bridgehead atoms. The van der Waals surface area contributed by atoms with Crippen molar-refractivity contribution in [1.82, 2.24) is 9.78 Å². The van der Waals surface area contributed by atoms with Crippen LogP contribution in [0, 0.1) is 0 Å². The fourth-order valence-electron chi connectivity index (χ4n) is 1.49. The molecule has 0 unspecified atom stereocenters. The number of hydrogen-bond acceptors (Lipinski definition) is 3. The Bertz CT molecular complexity index is 656. The van der Waals surface area contributed by atoms with Gasteiger partial charge in [-0.1, -0.05) is 23.2 Å². The molecular weight excluding hydrogens is 355 g/mol. The van der Waals surface area contributed by atoms with Crippen LogP contribution >= 0.6 is 39.1 Å². The highest BCUT2D eigenvalue weighted by molar-refractivity contribution is 9.10. The van der Waals surface area contributed by atoms with Crippen molar-refractivity contribution in [1.29, 1.82) is 0 Å². The largest absolute Gasteiger partial charge is 0.396 e. The number of hydrogen-bond donors (Lipinski definition) is 2. The molecule has 2 rings (SSSR count). The predicted molar refractivity (Wildman–Crippen MR) is 79.7 cm³/mol. The van der Waals surface area contributed by atoms with Gasteiger partial charge in [0.1, 0.15) is 0 Å². The first-order chi connectivity index (χ1) is 8.90. The Kier molecular flexibility index (Phi) is 4.03. The van der Waals surface area contributed by atoms with Crippen molar-refractivity contribution in [2.45, 2.75) is 0 Å². The summed E-state index contributed by atoms with van der Waals surface area (Å²) in [6.07, 6.45) is 1.55. The molecule has 0 spiro atoms. The maximum atomic E-state index is 12.0. The van der Waals surface area contributed by atoms with E-state index in [4.69, 9.17) is 28.9 Å². The highest BCUT2D eigenvalue weighted by Crippen LogP contribution is 2.36. The van der Waals surface area contributed by atoms with E-state index in [1.54, 1.807) is 25.4 Å². The molecule has 0 saturated carbocycles. The van der Waals surface area contributed by atoms with E-state index in [-0.39, 0.29) is 10.7 Å². The van der Waals surface area contributed by atoms with Crippen LogP contribution in [0.1, 0.15) is 10.5 Å². The van der Waals surface area contributed by atoms with Gasteiger partial charge in [0.2, 0.25) is 0 Å². The SMILES string of the molecule is Cn1cc(N)c(C(=O)Nc2ccc(Br)c(Cl)c2Cl)n1. The number of nitrogen functional groups attached to an aromatic ring is 1. The molecule has 19 heavy (non-hydrogen) atoms. The first-order valence-electron chi connectivity index (χ1n) is 5.14. The zero-order chi connectivity index (χ0) is 14.2. The van der Waals surface area contributed by atoms with E-state index in [2.05, 4.69) is 26.3 Å². The monoisotopic (exact) mass is 362 g/mol. The van der Waals surface area contributed by atoms with E-state index in [1.165, 1.54) is 4.68 Å². The number of nitrogens with two attached hydrogens (primary N) is 1. The Hall–Kier alpha value is -1.24. The molecule has 100 valence electrons. The van der Waals surface area contributed by atoms with Crippen molar-refractivity contribution in [3.8, 4) is 0 Å². The average Bonchev–Trinajstić information content (AvgIpc) is 2.69. The third kappa shape index (κ3) is 2.86. The molecule has 1 aromatic carbocycles. The maximum Gasteiger partial charge on any atom is 0.278 e. The minimum Gasteiger partial charge on any atom is -0.396 e. The van der Waals surface area contributed by atoms with Crippen molar-refractivity contribution in [3.05, 3.63) is 38.5 Å². The number of anilines is 2. The number of amides is 1. The van der Waals surface area contributed by atoms with Gasteiger partial charge in [-0.3, -0.25) is 9.48 Å². The van der Waals surface area contributed by atoms with Crippen molar-refractivity contribution in [3.63, 3.8) is 0 Å². The number of benzene rings is 1. The molecule has 0 aliphatic rings. The molecule has 8 heteroatoms. The number of halogens is 3. The number of rotatable bonds is 2. The molecule has 1 aromatic heterocycles. The van der Waals surface area contributed by atoms with Gasteiger partial charge in [-0.05, 0) is 28.1 Å². The van der Waals surface area contributed by atoms with E-state index in [9.17, 15) is 4.79 Å². The van der Waals surface area contributed by atoms with E-state index < -0.39 is 5.91 Å². The Morgan fingerprint density at radius 1 is 1.42 bits per heavy atom. The first kappa shape index (κ1) is 14.2. The van der Waals surface area contributed by atoms with Crippen LogP contribution in [0.5, 0.6) is 0 Å². The second-order valence-corrected chi connectivity index (χ2v) is 5.39. The van der Waals surface area contributed by atoms with Crippen molar-refractivity contribution in [2.75, 3.05) is 11.1 Å². The van der Waals surface area contributed by atoms with Gasteiger partial charge in [0.15, 0.2) is 5.69 Å². The second kappa shape index (κ2) is 5.40. The Balaban J connectivity index is 2.29. The molecule has 2 aromatic rings. The van der Waals surface area contributed by atoms with Crippen LogP contribution in [0.25, 0.3) is 0 Å². The highest BCUT2D eigenvalue weighted by atomic mass is 79.9. The fourth-order valence-corrected chi connectivity index (χ4v) is 2.31. The van der Waals surface area contributed by atoms with Crippen LogP contribution in [-0.4, -0.2) is 15.7 Å². The highest BCUT2D eigenvalue weighted by Gasteiger charge is 2.16. The standard InChI is InChI=1S/C11H9BrCl2N4O/c1-18-4-6(15)10(17-18)11(19)16-7-3-2-5(12)8(13)9(7)14/h2-4H,15H2,1H3,(H,16,19). The van der Waals surface area contributed by atoms with Crippen molar-refractivity contribution in [2.24, 2.45) is 7.05 Å². The lowest BCUT2D eigenvalue weighted by Gasteiger charge is -2.08. The number of carbonyl (C=O) groups is 1. The summed E-state index contributed by atoms with van der Waals surface area (Å²) in [4.78, 5) is 12.0. The van der Waals surface area contributed by atoms with Gasteiger partial charge in [-0.2, -0.15) is 5.10 Å². The molecule has 1 amide bonds. The minimum absolute atomic E-state index is 0.137. The van der Waals surface area contributed by atoms with Crippen LogP contribution in [0.15, 0.2) is 22.8 Å². The lowest BCUT2D eigenvalue weighted by Crippen LogP contribution is -2.15. The molecule has 0 atom stereocenters. The summed E-state index contributed by atoms with van der Waals surface area (Å²) in [5, 5.41) is 7.16. The lowest BCUT2D eigenvalue weighted by molar-refractivity contribution is 0.102. The van der Waals surface area contributed by atoms with Gasteiger partial charge < -0.3 is 11.1 Å². The second-order valence-electron chi connectivity index (χ2n) is 3.78. The number of carbonyl (C=O) groups excluding carboxylic acids is 1. The van der Waals surface area contributed by atoms with E-state index in [1.807, 2.05) is 0 Å². The molecule has 3 N–H and O–H groups in total. The van der Waals surface area contributed by atoms with Crippen LogP contribution in [0.3, 0.4) is 0 Å². The molecule has 0 aliphatic carbocycles. The summed E-state index contributed by atoms with van der Waals surface area (Å²) in [7, 11) is 1.68. The number of nitrogens with one attached hydrogen (secondary N) is 1. The molecule has 0 aliphatic heterocycles. The summed E-state index contributed by atoms with van der Waals surface area (Å²) in [5.74, 6) is -0.446. The number of aryl methyl sites for hydroxylation is 1. The third-order valence-corrected chi connectivity index (χ3v) is 4.13. The number of aromatic nitrogens is 2. The summed E-state index contributed by atoms with van der Waals surface area (Å²) >= 11 is 15.3. The average molecular weight is 364 g/mol. The number of nitrogens with zero attached hydrogens (tertiary/aromatic N) is 2. The van der Waals surface area contributed by atoms with E-state index >= 15 is 0 Å². The van der Waals surface area contributed by atoms with Gasteiger partial charge in [-0.25, -0.2) is 0 Å². The smallest absolute Gasteiger partial charge is 0.278 e. The quantitative estimate of drug-likeness (QED) is 0.804. The maximum absolute atomic E-state index is 12.0. The summed E-state index contributed by atoms with van der Waals surface area (Å²) < 4.78 is 2.11. The minimum atomic E-state index is -0.446. The van der Waals surface area contributed by atoms with Crippen LogP contribution in [-0.2, 0) is 7.05 Å². The molecule has 1 heterocycles. The van der Waals surface area contributed by atoms with Gasteiger partial charge in [0.05, 0.1) is 21.4 Å². The fraction of sp³-hybridized carbons (Fsp3) is 0.0909. The van der Waals surface area contributed by atoms with E-state index in [0.29, 0.717) is 20.9 Å². The molecule has 0 fully saturated rings. The summed E-state index contributed by atoms with van der Waals surface area (Å²) in [5.41, 5.74) is 6.50. The summed E-state index contributed by atoms with van der Waals surface area (Å²) in [6, 6.07) is 3.32. The van der Waals surface area contributed by atoms with Crippen LogP contribution in [0.4, 0.5) is 11.4 Å². The topological polar surface area (TPSA) is 72.9 Å². The zero-order valence-corrected chi connectivity index (χ0v) is 12.8. The molecular formula is C11H9BrCl2N4O. The van der Waals surface area contributed by atoms with Crippen molar-refractivity contribution >= 4 is 56.4 Å². The van der Waals surface area contributed by atoms with Gasteiger partial charge in [0.25, 0.3) is 5.91 Å². The van der Waals surface area contributed by atoms with Gasteiger partial charge >= 0.3 is 0 Å². The van der Waals surface area contributed by atoms with E-state index in [0.717, 1.165) is 0 Å². The van der Waals surface area contributed by atoms with Crippen LogP contribution in [0.2, 0.25) is 10.0 Å². The van der Waals surface area contributed by atoms with Gasteiger partial charge in [0, 0.05) is 17.7 Å². The molecule has 0 radical (unpaired) electrons. The van der Waals surface area contributed by atoms with Gasteiger partial charge in [-0.15, -0.1) is 0 Å². The molecule has 5 nitrogen and oxygen atoms in total. The normalized spacial score (nSPS) is 10.5. The lowest BCUT2D eigenvalue weighted by atomic mass is 10.3. The first-order valence-corrected chi connectivity index (χ1v) is 6.69. The Morgan fingerprint density at radius 3 is 2.68 bits per heavy atom. The summed E-state index contributed by atoms with van der Waals surface area (Å²) in [6.45, 7) is 0. The Morgan fingerprint density at radius 2 is 2.11 bits per heavy atom. The molecule has 0 saturated heterocycles. The Labute approximate surface area is 127 Å². The third-order valence-electron chi connectivity index (χ3n) is 2.36. The van der Waals surface area contributed by atoms with Crippen molar-refractivity contribution < 1.29 is 4.79 Å². The predicted octanol–water partition coefficient (Wildman–Crippen LogP) is 3.32. The zero-order valence-electron chi connectivity index (χ0n) is 9.75.